The van der Waals surface area contributed by atoms with E-state index in [1.807, 2.05) is 12.1 Å². The fourth-order valence-electron chi connectivity index (χ4n) is 1.52. The van der Waals surface area contributed by atoms with Gasteiger partial charge in [0.2, 0.25) is 0 Å². The highest BCUT2D eigenvalue weighted by Gasteiger charge is 2.10. The summed E-state index contributed by atoms with van der Waals surface area (Å²) in [7, 11) is 0. The van der Waals surface area contributed by atoms with Gasteiger partial charge >= 0.3 is 0 Å². The average Bonchev–Trinajstić information content (AvgIpc) is 2.41. The molecule has 2 N–H and O–H groups in total. The van der Waals surface area contributed by atoms with Gasteiger partial charge in [-0.25, -0.2) is 0 Å². The third kappa shape index (κ3) is 2.09. The van der Waals surface area contributed by atoms with Gasteiger partial charge < -0.3 is 10.5 Å². The molecule has 2 aromatic carbocycles. The summed E-state index contributed by atoms with van der Waals surface area (Å²) < 4.78 is 5.58. The molecule has 18 heavy (non-hydrogen) atoms. The van der Waals surface area contributed by atoms with Crippen molar-refractivity contribution in [2.45, 2.75) is 0 Å². The maximum absolute atomic E-state index is 9.07. The summed E-state index contributed by atoms with van der Waals surface area (Å²) >= 11 is 0. The molecule has 0 heterocycles. The molecule has 4 heteroatoms. The molecule has 0 aliphatic rings. The highest BCUT2D eigenvalue weighted by molar-refractivity contribution is 5.58. The number of rotatable bonds is 2. The van der Waals surface area contributed by atoms with Gasteiger partial charge in [-0.15, -0.1) is 0 Å². The summed E-state index contributed by atoms with van der Waals surface area (Å²) in [5.74, 6) is 0.790. The normalized spacial score (nSPS) is 9.22. The van der Waals surface area contributed by atoms with Gasteiger partial charge in [-0.2, -0.15) is 10.5 Å². The minimum absolute atomic E-state index is 0.211. The van der Waals surface area contributed by atoms with Gasteiger partial charge in [0.1, 0.15) is 29.2 Å². The molecule has 0 spiro atoms. The Morgan fingerprint density at radius 3 is 2.28 bits per heavy atom. The number of para-hydroxylation sites is 2. The Morgan fingerprint density at radius 2 is 1.61 bits per heavy atom. The van der Waals surface area contributed by atoms with Crippen molar-refractivity contribution >= 4 is 5.69 Å². The lowest BCUT2D eigenvalue weighted by molar-refractivity contribution is 0.483. The second-order valence-corrected chi connectivity index (χ2v) is 3.54. The van der Waals surface area contributed by atoms with E-state index >= 15 is 0 Å². The molecule has 0 fully saturated rings. The van der Waals surface area contributed by atoms with Crippen molar-refractivity contribution in [3.63, 3.8) is 0 Å². The SMILES string of the molecule is N#Cc1cccc(Oc2ccccc2N)c1C#N. The zero-order valence-corrected chi connectivity index (χ0v) is 9.42. The first-order valence-electron chi connectivity index (χ1n) is 5.22. The molecule has 0 saturated heterocycles. The van der Waals surface area contributed by atoms with Crippen LogP contribution in [0.5, 0.6) is 11.5 Å². The van der Waals surface area contributed by atoms with E-state index in [0.29, 0.717) is 17.2 Å². The topological polar surface area (TPSA) is 82.8 Å². The van der Waals surface area contributed by atoms with Crippen LogP contribution in [-0.4, -0.2) is 0 Å². The van der Waals surface area contributed by atoms with Gasteiger partial charge in [-0.1, -0.05) is 18.2 Å². The van der Waals surface area contributed by atoms with Gasteiger partial charge in [-0.05, 0) is 24.3 Å². The summed E-state index contributed by atoms with van der Waals surface area (Å²) in [5, 5.41) is 18.0. The molecule has 0 saturated carbocycles. The molecular formula is C14H9N3O. The molecule has 2 aromatic rings. The van der Waals surface area contributed by atoms with Gasteiger partial charge in [0.15, 0.2) is 0 Å². The van der Waals surface area contributed by atoms with Crippen molar-refractivity contribution in [1.29, 1.82) is 10.5 Å². The smallest absolute Gasteiger partial charge is 0.150 e. The van der Waals surface area contributed by atoms with Crippen molar-refractivity contribution in [2.24, 2.45) is 0 Å². The first-order chi connectivity index (χ1) is 8.76. The largest absolute Gasteiger partial charge is 0.454 e. The minimum atomic E-state index is 0.211. The van der Waals surface area contributed by atoms with Crippen molar-refractivity contribution in [1.82, 2.24) is 0 Å². The fourth-order valence-corrected chi connectivity index (χ4v) is 1.52. The lowest BCUT2D eigenvalue weighted by Gasteiger charge is -2.09. The Kier molecular flexibility index (Phi) is 3.13. The molecule has 0 atom stereocenters. The number of nitrogen functional groups attached to an aromatic ring is 1. The Bertz CT molecular complexity index is 665. The van der Waals surface area contributed by atoms with E-state index < -0.39 is 0 Å². The third-order valence-corrected chi connectivity index (χ3v) is 2.40. The van der Waals surface area contributed by atoms with E-state index in [9.17, 15) is 0 Å². The molecule has 0 aliphatic carbocycles. The molecule has 0 radical (unpaired) electrons. The van der Waals surface area contributed by atoms with E-state index in [1.54, 1.807) is 42.5 Å². The van der Waals surface area contributed by atoms with Gasteiger partial charge in [0, 0.05) is 0 Å². The number of nitrogens with two attached hydrogens (primary N) is 1. The summed E-state index contributed by atoms with van der Waals surface area (Å²) in [6, 6.07) is 15.8. The first kappa shape index (κ1) is 11.5. The number of nitrogens with zero attached hydrogens (tertiary/aromatic N) is 2. The summed E-state index contributed by atoms with van der Waals surface area (Å²) in [5.41, 5.74) is 6.73. The molecule has 0 amide bonds. The van der Waals surface area contributed by atoms with Crippen LogP contribution < -0.4 is 10.5 Å². The summed E-state index contributed by atoms with van der Waals surface area (Å²) in [6.07, 6.45) is 0. The number of hydrogen-bond acceptors (Lipinski definition) is 4. The number of hydrogen-bond donors (Lipinski definition) is 1. The molecule has 4 nitrogen and oxygen atoms in total. The first-order valence-corrected chi connectivity index (χ1v) is 5.22. The molecular weight excluding hydrogens is 226 g/mol. The molecule has 0 aliphatic heterocycles. The van der Waals surface area contributed by atoms with E-state index in [0.717, 1.165) is 0 Å². The predicted molar refractivity (Wildman–Crippen MR) is 66.8 cm³/mol. The average molecular weight is 235 g/mol. The van der Waals surface area contributed by atoms with Crippen LogP contribution in [0.25, 0.3) is 0 Å². The Hall–Kier alpha value is -2.98. The molecule has 2 rings (SSSR count). The highest BCUT2D eigenvalue weighted by atomic mass is 16.5. The zero-order chi connectivity index (χ0) is 13.0. The van der Waals surface area contributed by atoms with Crippen LogP contribution in [0, 0.1) is 22.7 Å². The van der Waals surface area contributed by atoms with Crippen molar-refractivity contribution in [3.05, 3.63) is 53.6 Å². The lowest BCUT2D eigenvalue weighted by atomic mass is 10.1. The lowest BCUT2D eigenvalue weighted by Crippen LogP contribution is -1.94. The molecule has 0 aromatic heterocycles. The van der Waals surface area contributed by atoms with E-state index in [4.69, 9.17) is 21.0 Å². The van der Waals surface area contributed by atoms with Crippen LogP contribution in [0.4, 0.5) is 5.69 Å². The monoisotopic (exact) mass is 235 g/mol. The fraction of sp³-hybridized carbons (Fsp3) is 0. The number of anilines is 1. The van der Waals surface area contributed by atoms with Crippen LogP contribution in [0.2, 0.25) is 0 Å². The Balaban J connectivity index is 2.46. The maximum atomic E-state index is 9.07. The van der Waals surface area contributed by atoms with Crippen LogP contribution in [-0.2, 0) is 0 Å². The van der Waals surface area contributed by atoms with E-state index in [-0.39, 0.29) is 11.1 Å². The second-order valence-electron chi connectivity index (χ2n) is 3.54. The van der Waals surface area contributed by atoms with E-state index in [1.165, 1.54) is 0 Å². The zero-order valence-electron chi connectivity index (χ0n) is 9.42. The van der Waals surface area contributed by atoms with Crippen LogP contribution in [0.15, 0.2) is 42.5 Å². The summed E-state index contributed by atoms with van der Waals surface area (Å²) in [4.78, 5) is 0. The maximum Gasteiger partial charge on any atom is 0.150 e. The molecule has 0 bridgehead atoms. The number of ether oxygens (including phenoxy) is 1. The predicted octanol–water partition coefficient (Wildman–Crippen LogP) is 2.80. The number of benzene rings is 2. The highest BCUT2D eigenvalue weighted by Crippen LogP contribution is 2.30. The Labute approximate surface area is 104 Å². The summed E-state index contributed by atoms with van der Waals surface area (Å²) in [6.45, 7) is 0. The van der Waals surface area contributed by atoms with Crippen molar-refractivity contribution in [2.75, 3.05) is 5.73 Å². The quantitative estimate of drug-likeness (QED) is 0.811. The minimum Gasteiger partial charge on any atom is -0.454 e. The van der Waals surface area contributed by atoms with Crippen molar-refractivity contribution < 1.29 is 4.74 Å². The Morgan fingerprint density at radius 1 is 0.889 bits per heavy atom. The van der Waals surface area contributed by atoms with Crippen LogP contribution >= 0.6 is 0 Å². The van der Waals surface area contributed by atoms with E-state index in [2.05, 4.69) is 0 Å². The third-order valence-electron chi connectivity index (χ3n) is 2.40. The molecule has 86 valence electrons. The van der Waals surface area contributed by atoms with Crippen LogP contribution in [0.3, 0.4) is 0 Å². The molecule has 0 unspecified atom stereocenters. The van der Waals surface area contributed by atoms with Crippen LogP contribution in [0.1, 0.15) is 11.1 Å². The van der Waals surface area contributed by atoms with Gasteiger partial charge in [-0.3, -0.25) is 0 Å². The second kappa shape index (κ2) is 4.90. The standard InChI is InChI=1S/C14H9N3O/c15-8-10-4-3-7-13(11(10)9-16)18-14-6-2-1-5-12(14)17/h1-7H,17H2. The van der Waals surface area contributed by atoms with Gasteiger partial charge in [0.05, 0.1) is 11.3 Å². The number of nitriles is 2. The van der Waals surface area contributed by atoms with Gasteiger partial charge in [0.25, 0.3) is 0 Å². The van der Waals surface area contributed by atoms with Crippen molar-refractivity contribution in [3.8, 4) is 23.6 Å².